The summed E-state index contributed by atoms with van der Waals surface area (Å²) in [6.07, 6.45) is 0. The Morgan fingerprint density at radius 2 is 1.08 bits per heavy atom. The molecule has 0 aliphatic rings. The number of hydrogen-bond acceptors (Lipinski definition) is 0. The molecular formula is C22H26N2Si. The fraction of sp³-hybridized carbons (Fsp3) is 0.273. The van der Waals surface area contributed by atoms with Crippen molar-refractivity contribution in [2.75, 3.05) is 0 Å². The van der Waals surface area contributed by atoms with Crippen molar-refractivity contribution in [3.8, 4) is 0 Å². The summed E-state index contributed by atoms with van der Waals surface area (Å²) in [6.45, 7) is 4.76. The van der Waals surface area contributed by atoms with E-state index in [9.17, 15) is 0 Å². The smallest absolute Gasteiger partial charge is 0.158 e. The zero-order chi connectivity index (χ0) is 17.6. The minimum Gasteiger partial charge on any atom is -0.351 e. The highest BCUT2D eigenvalue weighted by Crippen LogP contribution is 2.24. The minimum atomic E-state index is -1.83. The molecule has 0 fully saturated rings. The van der Waals surface area contributed by atoms with Gasteiger partial charge in [0, 0.05) is 35.8 Å². The summed E-state index contributed by atoms with van der Waals surface area (Å²) in [5.74, 6) is 0. The first-order valence-corrected chi connectivity index (χ1v) is 11.6. The number of hydrogen-bond donors (Lipinski definition) is 0. The molecular weight excluding hydrogens is 320 g/mol. The SMILES string of the molecule is CC[Si](CC)(c1cc2ccccc2n1C)c1cc2ccccc2n1C. The zero-order valence-electron chi connectivity index (χ0n) is 15.6. The van der Waals surface area contributed by atoms with Gasteiger partial charge in [-0.15, -0.1) is 0 Å². The lowest BCUT2D eigenvalue weighted by atomic mass is 10.2. The second kappa shape index (κ2) is 5.92. The van der Waals surface area contributed by atoms with Crippen molar-refractivity contribution in [2.24, 2.45) is 14.1 Å². The molecule has 3 heteroatoms. The maximum atomic E-state index is 2.45. The third-order valence-corrected chi connectivity index (χ3v) is 11.4. The molecule has 2 aromatic carbocycles. The molecule has 0 aliphatic carbocycles. The number of benzene rings is 2. The van der Waals surface area contributed by atoms with E-state index in [4.69, 9.17) is 0 Å². The van der Waals surface area contributed by atoms with E-state index < -0.39 is 8.07 Å². The van der Waals surface area contributed by atoms with Gasteiger partial charge in [0.1, 0.15) is 0 Å². The molecule has 0 atom stereocenters. The van der Waals surface area contributed by atoms with Crippen LogP contribution in [0, 0.1) is 0 Å². The van der Waals surface area contributed by atoms with Crippen LogP contribution in [0.2, 0.25) is 12.1 Å². The van der Waals surface area contributed by atoms with E-state index in [0.717, 1.165) is 0 Å². The van der Waals surface area contributed by atoms with Crippen LogP contribution in [-0.4, -0.2) is 17.2 Å². The maximum absolute atomic E-state index is 2.45. The second-order valence-corrected chi connectivity index (χ2v) is 11.7. The predicted molar refractivity (Wildman–Crippen MR) is 112 cm³/mol. The molecule has 128 valence electrons. The lowest BCUT2D eigenvalue weighted by Gasteiger charge is -2.31. The van der Waals surface area contributed by atoms with E-state index in [1.54, 1.807) is 10.6 Å². The van der Waals surface area contributed by atoms with Gasteiger partial charge in [-0.2, -0.15) is 0 Å². The quantitative estimate of drug-likeness (QED) is 0.488. The number of para-hydroxylation sites is 2. The Morgan fingerprint density at radius 3 is 1.44 bits per heavy atom. The summed E-state index contributed by atoms with van der Waals surface area (Å²) in [6, 6.07) is 24.9. The minimum absolute atomic E-state index is 1.22. The Labute approximate surface area is 150 Å². The molecule has 0 unspecified atom stereocenters. The van der Waals surface area contributed by atoms with Crippen molar-refractivity contribution >= 4 is 40.5 Å². The first-order chi connectivity index (χ1) is 12.1. The van der Waals surface area contributed by atoms with Gasteiger partial charge >= 0.3 is 0 Å². The van der Waals surface area contributed by atoms with Gasteiger partial charge in [-0.1, -0.05) is 50.2 Å². The Hall–Kier alpha value is -2.26. The van der Waals surface area contributed by atoms with E-state index in [1.807, 2.05) is 0 Å². The van der Waals surface area contributed by atoms with Crippen LogP contribution >= 0.6 is 0 Å². The van der Waals surface area contributed by atoms with Gasteiger partial charge in [-0.3, -0.25) is 0 Å². The molecule has 0 spiro atoms. The molecule has 4 aromatic rings. The molecule has 0 saturated carbocycles. The van der Waals surface area contributed by atoms with E-state index in [2.05, 4.69) is 97.7 Å². The number of fused-ring (bicyclic) bond motifs is 2. The molecule has 0 amide bonds. The summed E-state index contributed by atoms with van der Waals surface area (Å²) < 4.78 is 4.90. The van der Waals surface area contributed by atoms with Crippen LogP contribution in [0.3, 0.4) is 0 Å². The summed E-state index contributed by atoms with van der Waals surface area (Å²) in [5.41, 5.74) is 2.69. The lowest BCUT2D eigenvalue weighted by molar-refractivity contribution is 0.970. The van der Waals surface area contributed by atoms with Gasteiger partial charge < -0.3 is 9.13 Å². The van der Waals surface area contributed by atoms with Gasteiger partial charge in [-0.05, 0) is 47.1 Å². The van der Waals surface area contributed by atoms with E-state index >= 15 is 0 Å². The molecule has 2 aromatic heterocycles. The number of nitrogens with zero attached hydrogens (tertiary/aromatic N) is 2. The first kappa shape index (κ1) is 16.2. The fourth-order valence-electron chi connectivity index (χ4n) is 4.60. The third-order valence-electron chi connectivity index (χ3n) is 6.09. The van der Waals surface area contributed by atoms with Crippen molar-refractivity contribution in [2.45, 2.75) is 25.9 Å². The highest BCUT2D eigenvalue weighted by atomic mass is 28.3. The second-order valence-electron chi connectivity index (χ2n) is 7.08. The van der Waals surface area contributed by atoms with Gasteiger partial charge in [-0.25, -0.2) is 0 Å². The number of aromatic nitrogens is 2. The largest absolute Gasteiger partial charge is 0.351 e. The molecule has 0 bridgehead atoms. The zero-order valence-corrected chi connectivity index (χ0v) is 16.6. The molecule has 25 heavy (non-hydrogen) atoms. The highest BCUT2D eigenvalue weighted by molar-refractivity contribution is 7.01. The maximum Gasteiger partial charge on any atom is 0.158 e. The highest BCUT2D eigenvalue weighted by Gasteiger charge is 2.39. The predicted octanol–water partition coefficient (Wildman–Crippen LogP) is 4.27. The van der Waals surface area contributed by atoms with Crippen LogP contribution in [0.5, 0.6) is 0 Å². The molecule has 0 saturated heterocycles. The summed E-state index contributed by atoms with van der Waals surface area (Å²) in [5, 5.41) is 5.81. The van der Waals surface area contributed by atoms with Crippen LogP contribution < -0.4 is 10.6 Å². The van der Waals surface area contributed by atoms with Crippen molar-refractivity contribution in [1.29, 1.82) is 0 Å². The Kier molecular flexibility index (Phi) is 3.84. The van der Waals surface area contributed by atoms with Crippen LogP contribution in [0.15, 0.2) is 60.7 Å². The average Bonchev–Trinajstić information content (AvgIpc) is 3.17. The monoisotopic (exact) mass is 346 g/mol. The molecule has 0 N–H and O–H groups in total. The van der Waals surface area contributed by atoms with Crippen LogP contribution in [-0.2, 0) is 14.1 Å². The first-order valence-electron chi connectivity index (χ1n) is 9.22. The van der Waals surface area contributed by atoms with Crippen molar-refractivity contribution in [1.82, 2.24) is 9.13 Å². The standard InChI is InChI=1S/C22H26N2Si/c1-5-25(6-2,21-15-17-11-7-9-13-19(17)23(21)3)22-16-18-12-8-10-14-20(18)24(22)4/h7-16H,5-6H2,1-4H3. The summed E-state index contributed by atoms with van der Waals surface area (Å²) in [4.78, 5) is 0. The van der Waals surface area contributed by atoms with Gasteiger partial charge in [0.05, 0.1) is 0 Å². The summed E-state index contributed by atoms with van der Waals surface area (Å²) >= 11 is 0. The topological polar surface area (TPSA) is 9.86 Å². The Bertz CT molecular complexity index is 968. The average molecular weight is 347 g/mol. The third kappa shape index (κ3) is 2.22. The molecule has 0 radical (unpaired) electrons. The molecule has 4 rings (SSSR count). The van der Waals surface area contributed by atoms with Crippen LogP contribution in [0.4, 0.5) is 0 Å². The van der Waals surface area contributed by atoms with E-state index in [1.165, 1.54) is 33.9 Å². The number of rotatable bonds is 4. The molecule has 2 nitrogen and oxygen atoms in total. The van der Waals surface area contributed by atoms with E-state index in [-0.39, 0.29) is 0 Å². The Morgan fingerprint density at radius 1 is 0.680 bits per heavy atom. The lowest BCUT2D eigenvalue weighted by Crippen LogP contribution is -2.61. The van der Waals surface area contributed by atoms with Gasteiger partial charge in [0.15, 0.2) is 8.07 Å². The van der Waals surface area contributed by atoms with Crippen LogP contribution in [0.25, 0.3) is 21.8 Å². The normalized spacial score (nSPS) is 12.3. The molecule has 2 heterocycles. The summed E-state index contributed by atoms with van der Waals surface area (Å²) in [7, 11) is 2.66. The van der Waals surface area contributed by atoms with E-state index in [0.29, 0.717) is 0 Å². The number of aryl methyl sites for hydroxylation is 2. The van der Waals surface area contributed by atoms with Gasteiger partial charge in [0.2, 0.25) is 0 Å². The fourth-order valence-corrected chi connectivity index (χ4v) is 9.20. The van der Waals surface area contributed by atoms with Crippen molar-refractivity contribution in [3.05, 3.63) is 60.7 Å². The Balaban J connectivity index is 2.03. The van der Waals surface area contributed by atoms with Crippen molar-refractivity contribution in [3.63, 3.8) is 0 Å². The van der Waals surface area contributed by atoms with Crippen LogP contribution in [0.1, 0.15) is 13.8 Å². The molecule has 0 aliphatic heterocycles. The van der Waals surface area contributed by atoms with Gasteiger partial charge in [0.25, 0.3) is 0 Å². The van der Waals surface area contributed by atoms with Crippen molar-refractivity contribution < 1.29 is 0 Å².